The number of nitrogens with one attached hydrogen (secondary N) is 1. The summed E-state index contributed by atoms with van der Waals surface area (Å²) in [6, 6.07) is 2.37. The van der Waals surface area contributed by atoms with Crippen LogP contribution in [0.4, 0.5) is 5.69 Å². The largest absolute Gasteiger partial charge is 0.381 e. The zero-order valence-corrected chi connectivity index (χ0v) is 11.3. The van der Waals surface area contributed by atoms with Crippen molar-refractivity contribution < 1.29 is 0 Å². The molecule has 0 bridgehead atoms. The average Bonchev–Trinajstić information content (AvgIpc) is 2.20. The van der Waals surface area contributed by atoms with Gasteiger partial charge in [-0.25, -0.2) is 0 Å². The molecule has 1 atom stereocenters. The molecule has 0 aliphatic heterocycles. The van der Waals surface area contributed by atoms with E-state index >= 15 is 0 Å². The maximum atomic E-state index is 5.78. The minimum atomic E-state index is 0.404. The van der Waals surface area contributed by atoms with Crippen LogP contribution in [0.25, 0.3) is 0 Å². The fourth-order valence-corrected chi connectivity index (χ4v) is 1.98. The molecule has 0 aliphatic rings. The average molecular weight is 292 g/mol. The quantitative estimate of drug-likeness (QED) is 0.832. The van der Waals surface area contributed by atoms with E-state index in [1.54, 1.807) is 12.4 Å². The second-order valence-corrected chi connectivity index (χ2v) is 5.06. The molecule has 0 amide bonds. The first-order valence-electron chi connectivity index (χ1n) is 5.07. The highest BCUT2D eigenvalue weighted by molar-refractivity contribution is 9.10. The van der Waals surface area contributed by atoms with E-state index in [1.807, 2.05) is 6.07 Å². The second-order valence-electron chi connectivity index (χ2n) is 3.83. The molecule has 2 nitrogen and oxygen atoms in total. The monoisotopic (exact) mass is 290 g/mol. The molecule has 0 aromatic carbocycles. The van der Waals surface area contributed by atoms with E-state index in [4.69, 9.17) is 11.6 Å². The summed E-state index contributed by atoms with van der Waals surface area (Å²) in [6.07, 6.45) is 4.54. The topological polar surface area (TPSA) is 24.9 Å². The first kappa shape index (κ1) is 12.8. The minimum absolute atomic E-state index is 0.404. The molecule has 4 heteroatoms. The van der Waals surface area contributed by atoms with Gasteiger partial charge in [-0.15, -0.1) is 11.6 Å². The Hall–Kier alpha value is -0.280. The second kappa shape index (κ2) is 6.33. The van der Waals surface area contributed by atoms with Crippen LogP contribution in [0.3, 0.4) is 0 Å². The zero-order chi connectivity index (χ0) is 11.3. The third-order valence-corrected chi connectivity index (χ3v) is 3.19. The summed E-state index contributed by atoms with van der Waals surface area (Å²) >= 11 is 9.25. The molecular weight excluding hydrogens is 275 g/mol. The lowest BCUT2D eigenvalue weighted by molar-refractivity contribution is 0.513. The van der Waals surface area contributed by atoms with Crippen LogP contribution in [-0.2, 0) is 0 Å². The number of hydrogen-bond donors (Lipinski definition) is 1. The van der Waals surface area contributed by atoms with Crippen LogP contribution in [0.1, 0.15) is 20.3 Å². The molecule has 1 aromatic rings. The highest BCUT2D eigenvalue weighted by Gasteiger charge is 2.13. The predicted octanol–water partition coefficient (Wildman–Crippen LogP) is 3.91. The molecule has 1 aromatic heterocycles. The Labute approximate surface area is 105 Å². The van der Waals surface area contributed by atoms with Crippen molar-refractivity contribution in [3.05, 3.63) is 22.9 Å². The van der Waals surface area contributed by atoms with Crippen molar-refractivity contribution in [2.75, 3.05) is 11.2 Å². The summed E-state index contributed by atoms with van der Waals surface area (Å²) in [5.74, 6) is 1.24. The molecule has 1 unspecified atom stereocenters. The molecule has 1 heterocycles. The number of nitrogens with zero attached hydrogens (tertiary/aromatic N) is 1. The number of halogens is 2. The summed E-state index contributed by atoms with van der Waals surface area (Å²) in [4.78, 5) is 4.03. The van der Waals surface area contributed by atoms with Crippen molar-refractivity contribution in [2.24, 2.45) is 5.92 Å². The van der Waals surface area contributed by atoms with E-state index in [1.165, 1.54) is 0 Å². The lowest BCUT2D eigenvalue weighted by Crippen LogP contribution is -2.26. The number of aromatic nitrogens is 1. The van der Waals surface area contributed by atoms with Crippen molar-refractivity contribution in [3.8, 4) is 0 Å². The van der Waals surface area contributed by atoms with Gasteiger partial charge in [0, 0.05) is 24.3 Å². The van der Waals surface area contributed by atoms with Crippen LogP contribution in [0.15, 0.2) is 22.9 Å². The Balaban J connectivity index is 2.69. The summed E-state index contributed by atoms with van der Waals surface area (Å²) in [7, 11) is 0. The van der Waals surface area contributed by atoms with Crippen LogP contribution in [0.2, 0.25) is 0 Å². The molecule has 0 aliphatic carbocycles. The van der Waals surface area contributed by atoms with Crippen molar-refractivity contribution in [3.63, 3.8) is 0 Å². The van der Waals surface area contributed by atoms with Gasteiger partial charge < -0.3 is 5.32 Å². The number of anilines is 1. The number of hydrogen-bond acceptors (Lipinski definition) is 2. The van der Waals surface area contributed by atoms with Crippen molar-refractivity contribution in [2.45, 2.75) is 26.3 Å². The minimum Gasteiger partial charge on any atom is -0.381 e. The van der Waals surface area contributed by atoms with Gasteiger partial charge in [0.1, 0.15) is 0 Å². The highest BCUT2D eigenvalue weighted by Crippen LogP contribution is 2.23. The fourth-order valence-electron chi connectivity index (χ4n) is 1.38. The smallest absolute Gasteiger partial charge is 0.0590 e. The first-order valence-corrected chi connectivity index (χ1v) is 6.40. The third-order valence-electron chi connectivity index (χ3n) is 2.34. The summed E-state index contributed by atoms with van der Waals surface area (Å²) < 4.78 is 0.991. The van der Waals surface area contributed by atoms with E-state index in [0.717, 1.165) is 16.6 Å². The van der Waals surface area contributed by atoms with E-state index in [-0.39, 0.29) is 0 Å². The number of rotatable bonds is 5. The summed E-state index contributed by atoms with van der Waals surface area (Å²) in [5, 5.41) is 3.48. The zero-order valence-electron chi connectivity index (χ0n) is 9.00. The van der Waals surface area contributed by atoms with Gasteiger partial charge in [-0.1, -0.05) is 13.8 Å². The molecule has 0 fully saturated rings. The molecule has 0 spiro atoms. The molecule has 0 saturated heterocycles. The Morgan fingerprint density at radius 1 is 1.53 bits per heavy atom. The Bertz CT molecular complexity index is 304. The maximum Gasteiger partial charge on any atom is 0.0590 e. The van der Waals surface area contributed by atoms with Crippen molar-refractivity contribution >= 4 is 33.2 Å². The van der Waals surface area contributed by atoms with Crippen molar-refractivity contribution in [1.82, 2.24) is 4.98 Å². The van der Waals surface area contributed by atoms with Crippen LogP contribution in [-0.4, -0.2) is 16.9 Å². The molecule has 84 valence electrons. The number of alkyl halides is 1. The Kier molecular flexibility index (Phi) is 5.40. The summed E-state index contributed by atoms with van der Waals surface area (Å²) in [5.41, 5.74) is 1.08. The lowest BCUT2D eigenvalue weighted by atomic mass is 10.0. The van der Waals surface area contributed by atoms with Gasteiger partial charge in [0.15, 0.2) is 0 Å². The molecular formula is C11H16BrClN2. The standard InChI is InChI=1S/C11H16BrClN2/c1-8(2)10(3-5-13)15-11-4-6-14-7-9(11)12/h4,6-8,10H,3,5H2,1-2H3,(H,14,15). The fraction of sp³-hybridized carbons (Fsp3) is 0.545. The predicted molar refractivity (Wildman–Crippen MR) is 69.5 cm³/mol. The van der Waals surface area contributed by atoms with Gasteiger partial charge >= 0.3 is 0 Å². The highest BCUT2D eigenvalue weighted by atomic mass is 79.9. The van der Waals surface area contributed by atoms with Gasteiger partial charge in [0.05, 0.1) is 10.2 Å². The molecule has 0 radical (unpaired) electrons. The SMILES string of the molecule is CC(C)C(CCCl)Nc1ccncc1Br. The van der Waals surface area contributed by atoms with Crippen molar-refractivity contribution in [1.29, 1.82) is 0 Å². The van der Waals surface area contributed by atoms with Crippen LogP contribution in [0, 0.1) is 5.92 Å². The van der Waals surface area contributed by atoms with Gasteiger partial charge in [-0.3, -0.25) is 4.98 Å². The van der Waals surface area contributed by atoms with Gasteiger partial charge in [0.25, 0.3) is 0 Å². The lowest BCUT2D eigenvalue weighted by Gasteiger charge is -2.23. The normalized spacial score (nSPS) is 12.9. The number of pyridine rings is 1. The van der Waals surface area contributed by atoms with Crippen LogP contribution < -0.4 is 5.32 Å². The van der Waals surface area contributed by atoms with Gasteiger partial charge in [-0.2, -0.15) is 0 Å². The van der Waals surface area contributed by atoms with Gasteiger partial charge in [-0.05, 0) is 34.3 Å². The Morgan fingerprint density at radius 3 is 2.80 bits per heavy atom. The molecule has 15 heavy (non-hydrogen) atoms. The van der Waals surface area contributed by atoms with E-state index in [9.17, 15) is 0 Å². The Morgan fingerprint density at radius 2 is 2.27 bits per heavy atom. The molecule has 0 saturated carbocycles. The maximum absolute atomic E-state index is 5.78. The van der Waals surface area contributed by atoms with E-state index in [2.05, 4.69) is 40.1 Å². The first-order chi connectivity index (χ1) is 7.15. The van der Waals surface area contributed by atoms with Crippen LogP contribution >= 0.6 is 27.5 Å². The molecule has 1 rings (SSSR count). The van der Waals surface area contributed by atoms with Gasteiger partial charge in [0.2, 0.25) is 0 Å². The third kappa shape index (κ3) is 3.99. The van der Waals surface area contributed by atoms with E-state index < -0.39 is 0 Å². The van der Waals surface area contributed by atoms with E-state index in [0.29, 0.717) is 17.8 Å². The summed E-state index contributed by atoms with van der Waals surface area (Å²) in [6.45, 7) is 4.39. The molecule has 1 N–H and O–H groups in total. The van der Waals surface area contributed by atoms with Crippen LogP contribution in [0.5, 0.6) is 0 Å².